The molecule has 1 heterocycles. The molecular weight excluding hydrogens is 511 g/mol. The molecule has 0 saturated carbocycles. The van der Waals surface area contributed by atoms with Crippen molar-refractivity contribution >= 4 is 56.5 Å². The molecule has 0 aliphatic carbocycles. The number of fused-ring (bicyclic) bond motifs is 1. The Morgan fingerprint density at radius 3 is 2.49 bits per heavy atom. The van der Waals surface area contributed by atoms with E-state index >= 15 is 0 Å². The molecule has 1 N–H and O–H groups in total. The Morgan fingerprint density at radius 2 is 1.74 bits per heavy atom. The fraction of sp³-hybridized carbons (Fsp3) is 0.200. The Hall–Kier alpha value is -3.07. The van der Waals surface area contributed by atoms with Gasteiger partial charge in [0.1, 0.15) is 0 Å². The molecule has 182 valence electrons. The number of hydrogen-bond donors (Lipinski definition) is 1. The number of halogens is 2. The summed E-state index contributed by atoms with van der Waals surface area (Å²) in [5.41, 5.74) is 2.06. The number of carbonyl (C=O) groups excluding carboxylic acids is 2. The van der Waals surface area contributed by atoms with Gasteiger partial charge in [0.2, 0.25) is 0 Å². The second kappa shape index (κ2) is 10.3. The first-order valence-electron chi connectivity index (χ1n) is 10.8. The molecule has 0 fully saturated rings. The summed E-state index contributed by atoms with van der Waals surface area (Å²) in [6, 6.07) is 17.5. The Bertz CT molecular complexity index is 1380. The van der Waals surface area contributed by atoms with E-state index in [1.807, 2.05) is 18.2 Å². The van der Waals surface area contributed by atoms with Crippen LogP contribution >= 0.6 is 23.2 Å². The van der Waals surface area contributed by atoms with Crippen molar-refractivity contribution in [2.24, 2.45) is 0 Å². The lowest BCUT2D eigenvalue weighted by atomic mass is 10.0. The number of nitrogens with zero attached hydrogens (tertiary/aromatic N) is 1. The average molecular weight is 533 g/mol. The average Bonchev–Trinajstić information content (AvgIpc) is 2.85. The van der Waals surface area contributed by atoms with Crippen molar-refractivity contribution in [2.45, 2.75) is 30.8 Å². The van der Waals surface area contributed by atoms with E-state index in [2.05, 4.69) is 5.32 Å². The van der Waals surface area contributed by atoms with Gasteiger partial charge in [0, 0.05) is 11.6 Å². The maximum absolute atomic E-state index is 13.3. The van der Waals surface area contributed by atoms with E-state index in [4.69, 9.17) is 27.9 Å². The van der Waals surface area contributed by atoms with Crippen LogP contribution < -0.4 is 9.62 Å². The van der Waals surface area contributed by atoms with Crippen LogP contribution in [0.15, 0.2) is 71.6 Å². The molecule has 4 rings (SSSR count). The van der Waals surface area contributed by atoms with Gasteiger partial charge in [-0.05, 0) is 73.9 Å². The number of benzene rings is 3. The predicted octanol–water partition coefficient (Wildman–Crippen LogP) is 5.32. The predicted molar refractivity (Wildman–Crippen MR) is 136 cm³/mol. The van der Waals surface area contributed by atoms with Crippen molar-refractivity contribution in [1.29, 1.82) is 0 Å². The third-order valence-electron chi connectivity index (χ3n) is 5.58. The van der Waals surface area contributed by atoms with E-state index in [0.29, 0.717) is 22.9 Å². The number of ether oxygens (including phenoxy) is 1. The normalized spacial score (nSPS) is 14.1. The fourth-order valence-electron chi connectivity index (χ4n) is 3.75. The lowest BCUT2D eigenvalue weighted by molar-refractivity contribution is -0.123. The molecule has 0 saturated heterocycles. The van der Waals surface area contributed by atoms with Crippen molar-refractivity contribution in [3.8, 4) is 0 Å². The molecule has 3 aromatic carbocycles. The summed E-state index contributed by atoms with van der Waals surface area (Å²) in [6.45, 7) is 1.80. The zero-order valence-corrected chi connectivity index (χ0v) is 21.0. The molecule has 7 nitrogen and oxygen atoms in total. The zero-order valence-electron chi connectivity index (χ0n) is 18.7. The Balaban J connectivity index is 1.44. The first kappa shape index (κ1) is 25.0. The summed E-state index contributed by atoms with van der Waals surface area (Å²) in [6.07, 6.45) is 0.411. The summed E-state index contributed by atoms with van der Waals surface area (Å²) in [7, 11) is -3.80. The minimum Gasteiger partial charge on any atom is -0.449 e. The number of anilines is 2. The first-order chi connectivity index (χ1) is 16.7. The monoisotopic (exact) mass is 532 g/mol. The van der Waals surface area contributed by atoms with E-state index in [1.165, 1.54) is 47.6 Å². The van der Waals surface area contributed by atoms with E-state index in [0.717, 1.165) is 18.4 Å². The Kier molecular flexibility index (Phi) is 7.35. The van der Waals surface area contributed by atoms with Gasteiger partial charge in [-0.25, -0.2) is 13.2 Å². The molecule has 3 aromatic rings. The van der Waals surface area contributed by atoms with Crippen LogP contribution in [0.4, 0.5) is 11.4 Å². The topological polar surface area (TPSA) is 92.8 Å². The SMILES string of the molecule is CC(OC(=O)c1ccc(S(=O)(=O)N2CCCc3ccccc32)cc1)C(=O)Nc1cc(Cl)ccc1Cl. The lowest BCUT2D eigenvalue weighted by Gasteiger charge is -2.30. The third-order valence-corrected chi connectivity index (χ3v) is 7.98. The maximum atomic E-state index is 13.3. The summed E-state index contributed by atoms with van der Waals surface area (Å²) in [5, 5.41) is 3.24. The van der Waals surface area contributed by atoms with Gasteiger partial charge < -0.3 is 10.1 Å². The minimum atomic E-state index is -3.80. The maximum Gasteiger partial charge on any atom is 0.338 e. The number of nitrogens with one attached hydrogen (secondary N) is 1. The van der Waals surface area contributed by atoms with Crippen LogP contribution in [0, 0.1) is 0 Å². The van der Waals surface area contributed by atoms with Gasteiger partial charge in [-0.2, -0.15) is 0 Å². The van der Waals surface area contributed by atoms with Crippen LogP contribution in [-0.2, 0) is 26.0 Å². The standard InChI is InChI=1S/C25H22Cl2N2O5S/c1-16(24(30)28-22-15-19(26)10-13-21(22)27)34-25(31)18-8-11-20(12-9-18)35(32,33)29-14-4-6-17-5-2-3-7-23(17)29/h2-3,5,7-13,15-16H,4,6,14H2,1H3,(H,28,30). The zero-order chi connectivity index (χ0) is 25.2. The number of hydrogen-bond acceptors (Lipinski definition) is 5. The number of aryl methyl sites for hydroxylation is 1. The van der Waals surface area contributed by atoms with E-state index in [1.54, 1.807) is 12.1 Å². The molecule has 1 atom stereocenters. The Labute approximate surface area is 213 Å². The molecule has 1 unspecified atom stereocenters. The molecule has 35 heavy (non-hydrogen) atoms. The summed E-state index contributed by atoms with van der Waals surface area (Å²) >= 11 is 12.0. The number of amides is 1. The lowest BCUT2D eigenvalue weighted by Crippen LogP contribution is -2.35. The highest BCUT2D eigenvalue weighted by Crippen LogP contribution is 2.32. The number of para-hydroxylation sites is 1. The van der Waals surface area contributed by atoms with Crippen LogP contribution in [0.3, 0.4) is 0 Å². The largest absolute Gasteiger partial charge is 0.449 e. The number of sulfonamides is 1. The van der Waals surface area contributed by atoms with E-state index in [9.17, 15) is 18.0 Å². The molecule has 10 heteroatoms. The first-order valence-corrected chi connectivity index (χ1v) is 13.0. The Morgan fingerprint density at radius 1 is 1.03 bits per heavy atom. The summed E-state index contributed by atoms with van der Waals surface area (Å²) < 4.78 is 33.2. The molecule has 1 amide bonds. The van der Waals surface area contributed by atoms with Crippen LogP contribution in [0.25, 0.3) is 0 Å². The third kappa shape index (κ3) is 5.45. The second-order valence-corrected chi connectivity index (χ2v) is 10.7. The molecule has 1 aliphatic heterocycles. The molecular formula is C25H22Cl2N2O5S. The van der Waals surface area contributed by atoms with Crippen LogP contribution in [0.1, 0.15) is 29.3 Å². The van der Waals surface area contributed by atoms with Crippen LogP contribution in [0.2, 0.25) is 10.0 Å². The van der Waals surface area contributed by atoms with E-state index in [-0.39, 0.29) is 15.5 Å². The number of carbonyl (C=O) groups is 2. The van der Waals surface area contributed by atoms with Gasteiger partial charge >= 0.3 is 5.97 Å². The highest BCUT2D eigenvalue weighted by molar-refractivity contribution is 7.92. The van der Waals surface area contributed by atoms with Gasteiger partial charge in [0.25, 0.3) is 15.9 Å². The van der Waals surface area contributed by atoms with Crippen molar-refractivity contribution in [3.63, 3.8) is 0 Å². The quantitative estimate of drug-likeness (QED) is 0.433. The molecule has 0 bridgehead atoms. The van der Waals surface area contributed by atoms with Crippen LogP contribution in [-0.4, -0.2) is 32.9 Å². The molecule has 0 radical (unpaired) electrons. The fourth-order valence-corrected chi connectivity index (χ4v) is 5.63. The van der Waals surface area contributed by atoms with E-state index < -0.39 is 28.0 Å². The van der Waals surface area contributed by atoms with Crippen LogP contribution in [0.5, 0.6) is 0 Å². The number of esters is 1. The summed E-state index contributed by atoms with van der Waals surface area (Å²) in [4.78, 5) is 25.0. The summed E-state index contributed by atoms with van der Waals surface area (Å²) in [5.74, 6) is -1.36. The molecule has 1 aliphatic rings. The van der Waals surface area contributed by atoms with Crippen molar-refractivity contribution < 1.29 is 22.7 Å². The van der Waals surface area contributed by atoms with Gasteiger partial charge in [0.05, 0.1) is 26.9 Å². The van der Waals surface area contributed by atoms with Crippen molar-refractivity contribution in [2.75, 3.05) is 16.2 Å². The minimum absolute atomic E-state index is 0.0622. The molecule has 0 aromatic heterocycles. The van der Waals surface area contributed by atoms with Crippen molar-refractivity contribution in [3.05, 3.63) is 87.9 Å². The highest BCUT2D eigenvalue weighted by atomic mass is 35.5. The smallest absolute Gasteiger partial charge is 0.338 e. The number of rotatable bonds is 6. The van der Waals surface area contributed by atoms with Gasteiger partial charge in [-0.1, -0.05) is 41.4 Å². The van der Waals surface area contributed by atoms with Gasteiger partial charge in [0.15, 0.2) is 6.10 Å². The van der Waals surface area contributed by atoms with Crippen molar-refractivity contribution in [1.82, 2.24) is 0 Å². The highest BCUT2D eigenvalue weighted by Gasteiger charge is 2.29. The van der Waals surface area contributed by atoms with Gasteiger partial charge in [-0.15, -0.1) is 0 Å². The second-order valence-electron chi connectivity index (χ2n) is 7.99. The molecule has 0 spiro atoms. The van der Waals surface area contributed by atoms with Gasteiger partial charge in [-0.3, -0.25) is 9.10 Å².